The number of hydrogen-bond donors (Lipinski definition) is 0. The third kappa shape index (κ3) is 2.10. The van der Waals surface area contributed by atoms with E-state index in [0.29, 0.717) is 6.10 Å². The van der Waals surface area contributed by atoms with Crippen molar-refractivity contribution in [2.45, 2.75) is 19.6 Å². The van der Waals surface area contributed by atoms with Gasteiger partial charge in [-0.15, -0.1) is 11.3 Å². The van der Waals surface area contributed by atoms with Crippen LogP contribution in [-0.2, 0) is 11.3 Å². The highest BCUT2D eigenvalue weighted by Gasteiger charge is 2.26. The molecule has 1 aliphatic heterocycles. The molecular formula is C10H15NOS. The van der Waals surface area contributed by atoms with Gasteiger partial charge in [0.05, 0.1) is 6.10 Å². The minimum absolute atomic E-state index is 0.473. The van der Waals surface area contributed by atoms with Crippen LogP contribution in [-0.4, -0.2) is 31.2 Å². The summed E-state index contributed by atoms with van der Waals surface area (Å²) in [5.74, 6) is 0. The van der Waals surface area contributed by atoms with E-state index in [1.807, 2.05) is 11.3 Å². The molecule has 0 aliphatic carbocycles. The van der Waals surface area contributed by atoms with Gasteiger partial charge >= 0.3 is 0 Å². The quantitative estimate of drug-likeness (QED) is 0.733. The highest BCUT2D eigenvalue weighted by molar-refractivity contribution is 7.11. The lowest BCUT2D eigenvalue weighted by Crippen LogP contribution is -2.50. The molecule has 3 heteroatoms. The first-order chi connectivity index (χ1) is 6.28. The van der Waals surface area contributed by atoms with Crippen LogP contribution in [0.4, 0.5) is 0 Å². The van der Waals surface area contributed by atoms with E-state index in [2.05, 4.69) is 24.0 Å². The Hall–Kier alpha value is -0.380. The van der Waals surface area contributed by atoms with Crippen molar-refractivity contribution in [2.75, 3.05) is 20.2 Å². The fourth-order valence-corrected chi connectivity index (χ4v) is 2.52. The third-order valence-electron chi connectivity index (χ3n) is 2.43. The normalized spacial score (nSPS) is 18.9. The number of ether oxygens (including phenoxy) is 1. The summed E-state index contributed by atoms with van der Waals surface area (Å²) >= 11 is 1.89. The Bertz CT molecular complexity index is 278. The van der Waals surface area contributed by atoms with Crippen LogP contribution in [0.2, 0.25) is 0 Å². The zero-order valence-electron chi connectivity index (χ0n) is 8.12. The molecule has 72 valence electrons. The van der Waals surface area contributed by atoms with Gasteiger partial charge in [0.15, 0.2) is 0 Å². The highest BCUT2D eigenvalue weighted by Crippen LogP contribution is 2.20. The summed E-state index contributed by atoms with van der Waals surface area (Å²) in [5.41, 5.74) is 0. The van der Waals surface area contributed by atoms with Gasteiger partial charge < -0.3 is 4.74 Å². The first kappa shape index (κ1) is 9.19. The van der Waals surface area contributed by atoms with Crippen LogP contribution in [0.1, 0.15) is 9.75 Å². The van der Waals surface area contributed by atoms with Gasteiger partial charge in [0, 0.05) is 36.5 Å². The van der Waals surface area contributed by atoms with Gasteiger partial charge in [0.1, 0.15) is 0 Å². The van der Waals surface area contributed by atoms with E-state index >= 15 is 0 Å². The van der Waals surface area contributed by atoms with Crippen LogP contribution in [0, 0.1) is 6.92 Å². The molecule has 0 amide bonds. The summed E-state index contributed by atoms with van der Waals surface area (Å²) < 4.78 is 5.22. The maximum absolute atomic E-state index is 5.22. The van der Waals surface area contributed by atoms with Crippen molar-refractivity contribution in [3.05, 3.63) is 21.9 Å². The minimum Gasteiger partial charge on any atom is -0.379 e. The fraction of sp³-hybridized carbons (Fsp3) is 0.600. The molecule has 1 saturated heterocycles. The van der Waals surface area contributed by atoms with Crippen LogP contribution in [0.25, 0.3) is 0 Å². The van der Waals surface area contributed by atoms with Crippen molar-refractivity contribution in [1.82, 2.24) is 4.90 Å². The fourth-order valence-electron chi connectivity index (χ4n) is 1.59. The molecule has 2 heterocycles. The highest BCUT2D eigenvalue weighted by atomic mass is 32.1. The smallest absolute Gasteiger partial charge is 0.0825 e. The van der Waals surface area contributed by atoms with E-state index in [1.54, 1.807) is 7.11 Å². The molecule has 0 atom stereocenters. The topological polar surface area (TPSA) is 12.5 Å². The second-order valence-electron chi connectivity index (χ2n) is 3.56. The molecule has 2 rings (SSSR count). The molecule has 1 aliphatic rings. The number of methoxy groups -OCH3 is 1. The van der Waals surface area contributed by atoms with Crippen molar-refractivity contribution < 1.29 is 4.74 Å². The lowest BCUT2D eigenvalue weighted by molar-refractivity contribution is -0.0329. The predicted molar refractivity (Wildman–Crippen MR) is 55.1 cm³/mol. The lowest BCUT2D eigenvalue weighted by Gasteiger charge is -2.37. The Kier molecular flexibility index (Phi) is 2.67. The van der Waals surface area contributed by atoms with Gasteiger partial charge in [0.2, 0.25) is 0 Å². The molecule has 0 unspecified atom stereocenters. The number of hydrogen-bond acceptors (Lipinski definition) is 3. The molecule has 1 fully saturated rings. The second-order valence-corrected chi connectivity index (χ2v) is 4.94. The Labute approximate surface area is 83.1 Å². The van der Waals surface area contributed by atoms with E-state index < -0.39 is 0 Å². The average Bonchev–Trinajstić information content (AvgIpc) is 2.43. The van der Waals surface area contributed by atoms with Crippen LogP contribution in [0.15, 0.2) is 12.1 Å². The van der Waals surface area contributed by atoms with Gasteiger partial charge in [-0.2, -0.15) is 0 Å². The second kappa shape index (κ2) is 3.78. The van der Waals surface area contributed by atoms with Crippen molar-refractivity contribution in [1.29, 1.82) is 0 Å². The molecule has 0 aromatic carbocycles. The van der Waals surface area contributed by atoms with Crippen LogP contribution < -0.4 is 0 Å². The number of aryl methyl sites for hydroxylation is 1. The number of thiophene rings is 1. The lowest BCUT2D eigenvalue weighted by atomic mass is 10.1. The SMILES string of the molecule is COC1CN(Cc2ccc(C)s2)C1. The third-order valence-corrected chi connectivity index (χ3v) is 3.42. The molecule has 0 saturated carbocycles. The largest absolute Gasteiger partial charge is 0.379 e. The van der Waals surface area contributed by atoms with Gasteiger partial charge in [-0.3, -0.25) is 4.90 Å². The molecule has 1 aromatic heterocycles. The van der Waals surface area contributed by atoms with Crippen LogP contribution in [0.5, 0.6) is 0 Å². The Balaban J connectivity index is 1.81. The maximum Gasteiger partial charge on any atom is 0.0825 e. The number of likely N-dealkylation sites (tertiary alicyclic amines) is 1. The van der Waals surface area contributed by atoms with Crippen molar-refractivity contribution >= 4 is 11.3 Å². The van der Waals surface area contributed by atoms with Gasteiger partial charge in [-0.1, -0.05) is 0 Å². The summed E-state index contributed by atoms with van der Waals surface area (Å²) in [6.07, 6.45) is 0.473. The summed E-state index contributed by atoms with van der Waals surface area (Å²) in [5, 5.41) is 0. The molecule has 0 N–H and O–H groups in total. The Morgan fingerprint density at radius 1 is 1.54 bits per heavy atom. The minimum atomic E-state index is 0.473. The van der Waals surface area contributed by atoms with Gasteiger partial charge in [0.25, 0.3) is 0 Å². The molecule has 0 spiro atoms. The van der Waals surface area contributed by atoms with Crippen molar-refractivity contribution in [3.8, 4) is 0 Å². The molecule has 0 bridgehead atoms. The summed E-state index contributed by atoms with van der Waals surface area (Å²) in [6, 6.07) is 4.41. The number of nitrogens with zero attached hydrogens (tertiary/aromatic N) is 1. The van der Waals surface area contributed by atoms with E-state index in [4.69, 9.17) is 4.74 Å². The zero-order chi connectivity index (χ0) is 9.26. The zero-order valence-corrected chi connectivity index (χ0v) is 8.93. The molecule has 1 aromatic rings. The maximum atomic E-state index is 5.22. The first-order valence-corrected chi connectivity index (χ1v) is 5.40. The Morgan fingerprint density at radius 3 is 2.85 bits per heavy atom. The molecule has 0 radical (unpaired) electrons. The molecule has 2 nitrogen and oxygen atoms in total. The van der Waals surface area contributed by atoms with Crippen LogP contribution in [0.3, 0.4) is 0 Å². The monoisotopic (exact) mass is 197 g/mol. The van der Waals surface area contributed by atoms with Crippen molar-refractivity contribution in [2.24, 2.45) is 0 Å². The standard InChI is InChI=1S/C10H15NOS/c1-8-3-4-10(13-8)7-11-5-9(6-11)12-2/h3-4,9H,5-7H2,1-2H3. The summed E-state index contributed by atoms with van der Waals surface area (Å²) in [4.78, 5) is 5.28. The van der Waals surface area contributed by atoms with E-state index in [0.717, 1.165) is 19.6 Å². The number of rotatable bonds is 3. The average molecular weight is 197 g/mol. The van der Waals surface area contributed by atoms with E-state index in [1.165, 1.54) is 9.75 Å². The molecule has 13 heavy (non-hydrogen) atoms. The van der Waals surface area contributed by atoms with Crippen LogP contribution >= 0.6 is 11.3 Å². The Morgan fingerprint density at radius 2 is 2.31 bits per heavy atom. The molecular weight excluding hydrogens is 182 g/mol. The predicted octanol–water partition coefficient (Wildman–Crippen LogP) is 1.89. The van der Waals surface area contributed by atoms with E-state index in [-0.39, 0.29) is 0 Å². The van der Waals surface area contributed by atoms with Gasteiger partial charge in [-0.05, 0) is 19.1 Å². The summed E-state index contributed by atoms with van der Waals surface area (Å²) in [7, 11) is 1.79. The first-order valence-electron chi connectivity index (χ1n) is 4.58. The summed E-state index contributed by atoms with van der Waals surface area (Å²) in [6.45, 7) is 5.43. The van der Waals surface area contributed by atoms with Gasteiger partial charge in [-0.25, -0.2) is 0 Å². The van der Waals surface area contributed by atoms with Crippen molar-refractivity contribution in [3.63, 3.8) is 0 Å². The van der Waals surface area contributed by atoms with E-state index in [9.17, 15) is 0 Å².